The summed E-state index contributed by atoms with van der Waals surface area (Å²) in [6.45, 7) is 3.49. The van der Waals surface area contributed by atoms with Gasteiger partial charge >= 0.3 is 0 Å². The SMILES string of the molecule is COc1ccc(CC(=O)NNC(C)=CC(=O)Nc2cccc(Cl)c2C)cc1OC. The summed E-state index contributed by atoms with van der Waals surface area (Å²) in [5.41, 5.74) is 7.92. The van der Waals surface area contributed by atoms with Crippen LogP contribution in [-0.2, 0) is 16.0 Å². The van der Waals surface area contributed by atoms with Gasteiger partial charge in [-0.05, 0) is 49.2 Å². The van der Waals surface area contributed by atoms with Crippen LogP contribution in [0, 0.1) is 6.92 Å². The maximum absolute atomic E-state index is 12.1. The van der Waals surface area contributed by atoms with Crippen LogP contribution >= 0.6 is 11.6 Å². The third-order valence-electron chi connectivity index (χ3n) is 4.08. The molecule has 0 aromatic heterocycles. The molecule has 0 saturated carbocycles. The van der Waals surface area contributed by atoms with Gasteiger partial charge in [0.1, 0.15) is 0 Å². The highest BCUT2D eigenvalue weighted by molar-refractivity contribution is 6.31. The van der Waals surface area contributed by atoms with Crippen molar-refractivity contribution in [1.29, 1.82) is 0 Å². The van der Waals surface area contributed by atoms with E-state index in [4.69, 9.17) is 21.1 Å². The number of benzene rings is 2. The fourth-order valence-corrected chi connectivity index (χ4v) is 2.71. The molecule has 0 aliphatic rings. The van der Waals surface area contributed by atoms with Gasteiger partial charge in [0.15, 0.2) is 11.5 Å². The summed E-state index contributed by atoms with van der Waals surface area (Å²) >= 11 is 6.05. The number of hydrogen-bond donors (Lipinski definition) is 3. The summed E-state index contributed by atoms with van der Waals surface area (Å²) in [5, 5.41) is 3.33. The van der Waals surface area contributed by atoms with Gasteiger partial charge in [0.2, 0.25) is 11.8 Å². The molecule has 0 saturated heterocycles. The van der Waals surface area contributed by atoms with Crippen LogP contribution in [0.5, 0.6) is 11.5 Å². The first-order valence-electron chi connectivity index (χ1n) is 8.84. The predicted octanol–water partition coefficient (Wildman–Crippen LogP) is 3.37. The molecule has 0 atom stereocenters. The highest BCUT2D eigenvalue weighted by atomic mass is 35.5. The van der Waals surface area contributed by atoms with Crippen LogP contribution in [0.2, 0.25) is 5.02 Å². The number of nitrogens with one attached hydrogen (secondary N) is 3. The molecule has 2 aromatic carbocycles. The number of carbonyl (C=O) groups is 2. The molecule has 0 fully saturated rings. The number of hydrogen-bond acceptors (Lipinski definition) is 5. The second kappa shape index (κ2) is 10.4. The number of halogens is 1. The Morgan fingerprint density at radius 3 is 2.48 bits per heavy atom. The fourth-order valence-electron chi connectivity index (χ4n) is 2.53. The molecule has 0 unspecified atom stereocenters. The van der Waals surface area contributed by atoms with E-state index in [1.807, 2.05) is 6.92 Å². The smallest absolute Gasteiger partial charge is 0.250 e. The van der Waals surface area contributed by atoms with E-state index in [1.54, 1.807) is 50.4 Å². The molecule has 3 N–H and O–H groups in total. The van der Waals surface area contributed by atoms with Crippen LogP contribution in [0.1, 0.15) is 18.1 Å². The lowest BCUT2D eigenvalue weighted by Gasteiger charge is -2.11. The van der Waals surface area contributed by atoms with Crippen molar-refractivity contribution >= 4 is 29.1 Å². The van der Waals surface area contributed by atoms with Crippen molar-refractivity contribution in [1.82, 2.24) is 10.9 Å². The average Bonchev–Trinajstić information content (AvgIpc) is 2.69. The lowest BCUT2D eigenvalue weighted by molar-refractivity contribution is -0.121. The molecule has 29 heavy (non-hydrogen) atoms. The summed E-state index contributed by atoms with van der Waals surface area (Å²) in [4.78, 5) is 24.3. The largest absolute Gasteiger partial charge is 0.493 e. The van der Waals surface area contributed by atoms with E-state index in [0.717, 1.165) is 11.1 Å². The second-order valence-electron chi connectivity index (χ2n) is 6.27. The first-order valence-corrected chi connectivity index (χ1v) is 9.22. The Labute approximate surface area is 175 Å². The Balaban J connectivity index is 1.89. The topological polar surface area (TPSA) is 88.7 Å². The van der Waals surface area contributed by atoms with Crippen molar-refractivity contribution in [3.8, 4) is 11.5 Å². The van der Waals surface area contributed by atoms with E-state index in [0.29, 0.717) is 27.9 Å². The van der Waals surface area contributed by atoms with E-state index >= 15 is 0 Å². The minimum Gasteiger partial charge on any atom is -0.493 e. The molecular weight excluding hydrogens is 394 g/mol. The Bertz CT molecular complexity index is 928. The summed E-state index contributed by atoms with van der Waals surface area (Å²) in [6, 6.07) is 10.5. The number of hydrazine groups is 1. The second-order valence-corrected chi connectivity index (χ2v) is 6.68. The summed E-state index contributed by atoms with van der Waals surface area (Å²) in [7, 11) is 3.08. The Hall–Kier alpha value is -3.19. The van der Waals surface area contributed by atoms with E-state index in [1.165, 1.54) is 13.2 Å². The third-order valence-corrected chi connectivity index (χ3v) is 4.49. The van der Waals surface area contributed by atoms with Crippen molar-refractivity contribution in [2.24, 2.45) is 0 Å². The molecule has 0 heterocycles. The molecule has 2 amide bonds. The molecule has 0 aliphatic heterocycles. The van der Waals surface area contributed by atoms with E-state index in [-0.39, 0.29) is 18.2 Å². The number of ether oxygens (including phenoxy) is 2. The number of allylic oxidation sites excluding steroid dienone is 1. The number of methoxy groups -OCH3 is 2. The number of carbonyl (C=O) groups excluding carboxylic acids is 2. The molecule has 0 radical (unpaired) electrons. The highest BCUT2D eigenvalue weighted by Gasteiger charge is 2.09. The van der Waals surface area contributed by atoms with Crippen molar-refractivity contribution in [3.63, 3.8) is 0 Å². The quantitative estimate of drug-likeness (QED) is 0.452. The molecule has 7 nitrogen and oxygen atoms in total. The van der Waals surface area contributed by atoms with Gasteiger partial charge in [-0.1, -0.05) is 23.7 Å². The Kier molecular flexibility index (Phi) is 7.91. The predicted molar refractivity (Wildman–Crippen MR) is 113 cm³/mol. The molecular formula is C21H24ClN3O4. The van der Waals surface area contributed by atoms with Crippen molar-refractivity contribution in [2.45, 2.75) is 20.3 Å². The summed E-state index contributed by atoms with van der Waals surface area (Å²) in [5.74, 6) is 0.537. The lowest BCUT2D eigenvalue weighted by Crippen LogP contribution is -2.37. The van der Waals surface area contributed by atoms with E-state index in [2.05, 4.69) is 16.2 Å². The molecule has 154 valence electrons. The van der Waals surface area contributed by atoms with Gasteiger partial charge in [0.05, 0.1) is 20.6 Å². The summed E-state index contributed by atoms with van der Waals surface area (Å²) in [6.07, 6.45) is 1.48. The molecule has 0 spiro atoms. The minimum absolute atomic E-state index is 0.133. The van der Waals surface area contributed by atoms with Crippen LogP contribution < -0.4 is 25.6 Å². The number of anilines is 1. The van der Waals surface area contributed by atoms with Crippen LogP contribution in [-0.4, -0.2) is 26.0 Å². The number of amides is 2. The van der Waals surface area contributed by atoms with Crippen molar-refractivity contribution in [2.75, 3.05) is 19.5 Å². The Morgan fingerprint density at radius 1 is 1.07 bits per heavy atom. The third kappa shape index (κ3) is 6.43. The molecule has 0 aliphatic carbocycles. The van der Waals surface area contributed by atoms with Gasteiger partial charge in [-0.3, -0.25) is 15.0 Å². The van der Waals surface area contributed by atoms with E-state index < -0.39 is 0 Å². The zero-order valence-electron chi connectivity index (χ0n) is 16.8. The van der Waals surface area contributed by atoms with Crippen LogP contribution in [0.25, 0.3) is 0 Å². The van der Waals surface area contributed by atoms with E-state index in [9.17, 15) is 9.59 Å². The van der Waals surface area contributed by atoms with Crippen molar-refractivity contribution in [3.05, 3.63) is 64.3 Å². The zero-order valence-corrected chi connectivity index (χ0v) is 17.5. The van der Waals surface area contributed by atoms with Gasteiger partial charge < -0.3 is 20.2 Å². The minimum atomic E-state index is -0.338. The normalized spacial score (nSPS) is 10.9. The van der Waals surface area contributed by atoms with Gasteiger partial charge in [0, 0.05) is 22.5 Å². The van der Waals surface area contributed by atoms with Crippen LogP contribution in [0.15, 0.2) is 48.2 Å². The maximum atomic E-state index is 12.1. The monoisotopic (exact) mass is 417 g/mol. The molecule has 2 rings (SSSR count). The van der Waals surface area contributed by atoms with Crippen LogP contribution in [0.3, 0.4) is 0 Å². The average molecular weight is 418 g/mol. The van der Waals surface area contributed by atoms with Gasteiger partial charge in [-0.15, -0.1) is 0 Å². The van der Waals surface area contributed by atoms with Crippen LogP contribution in [0.4, 0.5) is 5.69 Å². The van der Waals surface area contributed by atoms with Gasteiger partial charge in [-0.25, -0.2) is 0 Å². The standard InChI is InChI=1S/C21H24ClN3O4/c1-13(10-20(26)23-17-7-5-6-16(22)14(17)2)24-25-21(27)12-15-8-9-18(28-3)19(11-15)29-4/h5-11,24H,12H2,1-4H3,(H,23,26)(H,25,27). The van der Waals surface area contributed by atoms with Crippen molar-refractivity contribution < 1.29 is 19.1 Å². The first-order chi connectivity index (χ1) is 13.8. The maximum Gasteiger partial charge on any atom is 0.250 e. The van der Waals surface area contributed by atoms with Gasteiger partial charge in [-0.2, -0.15) is 0 Å². The van der Waals surface area contributed by atoms with Gasteiger partial charge in [0.25, 0.3) is 0 Å². The molecule has 0 bridgehead atoms. The molecule has 8 heteroatoms. The first kappa shape index (κ1) is 22.1. The summed E-state index contributed by atoms with van der Waals surface area (Å²) < 4.78 is 10.4. The molecule has 2 aromatic rings. The highest BCUT2D eigenvalue weighted by Crippen LogP contribution is 2.27. The number of rotatable bonds is 8. The zero-order chi connectivity index (χ0) is 21.4. The lowest BCUT2D eigenvalue weighted by atomic mass is 10.1. The Morgan fingerprint density at radius 2 is 1.79 bits per heavy atom. The fraction of sp³-hybridized carbons (Fsp3) is 0.238.